The average Bonchev–Trinajstić information content (AvgIpc) is 2.57. The van der Waals surface area contributed by atoms with Crippen LogP contribution in [-0.2, 0) is 4.79 Å². The van der Waals surface area contributed by atoms with Crippen molar-refractivity contribution in [3.63, 3.8) is 0 Å². The van der Waals surface area contributed by atoms with Gasteiger partial charge in [-0.1, -0.05) is 13.8 Å². The van der Waals surface area contributed by atoms with Crippen molar-refractivity contribution in [2.24, 2.45) is 11.7 Å². The van der Waals surface area contributed by atoms with Crippen LogP contribution in [0.25, 0.3) is 0 Å². The number of hydrogen-bond donors (Lipinski definition) is 3. The summed E-state index contributed by atoms with van der Waals surface area (Å²) in [6.07, 6.45) is 0.319. The molecule has 0 aromatic heterocycles. The maximum absolute atomic E-state index is 12.4. The second kappa shape index (κ2) is 9.42. The highest BCUT2D eigenvalue weighted by atomic mass is 16.6. The molecule has 11 nitrogen and oxygen atoms in total. The third-order valence-electron chi connectivity index (χ3n) is 3.36. The lowest BCUT2D eigenvalue weighted by atomic mass is 10.0. The molecule has 26 heavy (non-hydrogen) atoms. The lowest BCUT2D eigenvalue weighted by molar-refractivity contribution is -0.394. The summed E-state index contributed by atoms with van der Waals surface area (Å²) in [7, 11) is 0. The topological polar surface area (TPSA) is 170 Å². The van der Waals surface area contributed by atoms with Crippen LogP contribution >= 0.6 is 0 Å². The Morgan fingerprint density at radius 3 is 2.08 bits per heavy atom. The number of nitro benzene ring substituents is 2. The fourth-order valence-corrected chi connectivity index (χ4v) is 2.20. The summed E-state index contributed by atoms with van der Waals surface area (Å²) >= 11 is 0. The number of amides is 2. The monoisotopic (exact) mass is 367 g/mol. The Balaban J connectivity index is 3.09. The number of nitrogens with one attached hydrogen (secondary N) is 2. The first-order chi connectivity index (χ1) is 12.1. The predicted molar refractivity (Wildman–Crippen MR) is 92.5 cm³/mol. The minimum absolute atomic E-state index is 0.0726. The van der Waals surface area contributed by atoms with E-state index >= 15 is 0 Å². The molecule has 1 atom stereocenters. The summed E-state index contributed by atoms with van der Waals surface area (Å²) in [5, 5.41) is 26.9. The number of rotatable bonds is 9. The summed E-state index contributed by atoms with van der Waals surface area (Å²) < 4.78 is 0. The number of nitrogens with two attached hydrogens (primary N) is 1. The van der Waals surface area contributed by atoms with E-state index < -0.39 is 39.1 Å². The van der Waals surface area contributed by atoms with E-state index in [2.05, 4.69) is 10.6 Å². The van der Waals surface area contributed by atoms with Crippen molar-refractivity contribution in [1.29, 1.82) is 0 Å². The maximum atomic E-state index is 12.4. The number of nitro groups is 2. The Kier molecular flexibility index (Phi) is 7.59. The molecule has 0 aliphatic rings. The summed E-state index contributed by atoms with van der Waals surface area (Å²) in [6.45, 7) is 4.16. The second-order valence-corrected chi connectivity index (χ2v) is 5.99. The standard InChI is InChI=1S/C15H21N5O6/c1-9(2)5-13(15(22)17-4-3-16)18-14(21)10-6-11(19(23)24)8-12(7-10)20(25)26/h6-9,13H,3-5,16H2,1-2H3,(H,17,22)(H,18,21)/t13-/m0/s1. The first-order valence-corrected chi connectivity index (χ1v) is 7.88. The highest BCUT2D eigenvalue weighted by molar-refractivity contribution is 5.98. The van der Waals surface area contributed by atoms with Crippen molar-refractivity contribution in [1.82, 2.24) is 10.6 Å². The van der Waals surface area contributed by atoms with E-state index in [-0.39, 0.29) is 24.6 Å². The third kappa shape index (κ3) is 6.09. The summed E-state index contributed by atoms with van der Waals surface area (Å²) in [5.74, 6) is -1.19. The van der Waals surface area contributed by atoms with E-state index in [1.165, 1.54) is 0 Å². The molecule has 0 fully saturated rings. The Bertz CT molecular complexity index is 674. The number of nitrogens with zero attached hydrogens (tertiary/aromatic N) is 2. The smallest absolute Gasteiger partial charge is 0.277 e. The van der Waals surface area contributed by atoms with Gasteiger partial charge in [0.05, 0.1) is 21.5 Å². The van der Waals surface area contributed by atoms with Gasteiger partial charge in [0.25, 0.3) is 17.3 Å². The Labute approximate surface area is 149 Å². The molecule has 0 saturated carbocycles. The fourth-order valence-electron chi connectivity index (χ4n) is 2.20. The number of carbonyl (C=O) groups excluding carboxylic acids is 2. The Morgan fingerprint density at radius 2 is 1.65 bits per heavy atom. The van der Waals surface area contributed by atoms with Crippen molar-refractivity contribution in [3.8, 4) is 0 Å². The third-order valence-corrected chi connectivity index (χ3v) is 3.36. The van der Waals surface area contributed by atoms with Gasteiger partial charge in [-0.2, -0.15) is 0 Å². The molecule has 0 aliphatic heterocycles. The largest absolute Gasteiger partial charge is 0.353 e. The summed E-state index contributed by atoms with van der Waals surface area (Å²) in [6, 6.07) is 1.71. The van der Waals surface area contributed by atoms with Crippen molar-refractivity contribution in [3.05, 3.63) is 44.0 Å². The van der Waals surface area contributed by atoms with Crippen LogP contribution in [0.3, 0.4) is 0 Å². The summed E-state index contributed by atoms with van der Waals surface area (Å²) in [5.41, 5.74) is 3.89. The molecular weight excluding hydrogens is 346 g/mol. The second-order valence-electron chi connectivity index (χ2n) is 5.99. The van der Waals surface area contributed by atoms with Crippen LogP contribution in [0.1, 0.15) is 30.6 Å². The number of hydrogen-bond acceptors (Lipinski definition) is 7. The van der Waals surface area contributed by atoms with Crippen LogP contribution in [0, 0.1) is 26.1 Å². The van der Waals surface area contributed by atoms with Crippen molar-refractivity contribution in [2.75, 3.05) is 13.1 Å². The lowest BCUT2D eigenvalue weighted by Gasteiger charge is -2.20. The minimum Gasteiger partial charge on any atom is -0.353 e. The lowest BCUT2D eigenvalue weighted by Crippen LogP contribution is -2.48. The fraction of sp³-hybridized carbons (Fsp3) is 0.467. The van der Waals surface area contributed by atoms with E-state index in [4.69, 9.17) is 5.73 Å². The molecule has 0 heterocycles. The van der Waals surface area contributed by atoms with Gasteiger partial charge in [0, 0.05) is 25.2 Å². The maximum Gasteiger partial charge on any atom is 0.277 e. The average molecular weight is 367 g/mol. The normalized spacial score (nSPS) is 11.7. The quantitative estimate of drug-likeness (QED) is 0.426. The number of non-ortho nitro benzene ring substituents is 2. The van der Waals surface area contributed by atoms with Crippen LogP contribution in [0.4, 0.5) is 11.4 Å². The van der Waals surface area contributed by atoms with E-state index in [0.29, 0.717) is 6.42 Å². The van der Waals surface area contributed by atoms with Crippen molar-refractivity contribution in [2.45, 2.75) is 26.3 Å². The SMILES string of the molecule is CC(C)C[C@H](NC(=O)c1cc([N+](=O)[O-])cc([N+](=O)[O-])c1)C(=O)NCCN. The minimum atomic E-state index is -0.896. The Hall–Kier alpha value is -3.08. The van der Waals surface area contributed by atoms with Crippen molar-refractivity contribution < 1.29 is 19.4 Å². The van der Waals surface area contributed by atoms with Gasteiger partial charge in [-0.05, 0) is 12.3 Å². The molecule has 142 valence electrons. The molecule has 4 N–H and O–H groups in total. The van der Waals surface area contributed by atoms with Crippen LogP contribution in [-0.4, -0.2) is 40.8 Å². The molecule has 11 heteroatoms. The molecule has 2 amide bonds. The van der Waals surface area contributed by atoms with Crippen LogP contribution < -0.4 is 16.4 Å². The van der Waals surface area contributed by atoms with E-state index in [1.807, 2.05) is 13.8 Å². The highest BCUT2D eigenvalue weighted by Gasteiger charge is 2.25. The van der Waals surface area contributed by atoms with Gasteiger partial charge >= 0.3 is 0 Å². The van der Waals surface area contributed by atoms with Gasteiger partial charge < -0.3 is 16.4 Å². The molecule has 1 rings (SSSR count). The molecule has 0 radical (unpaired) electrons. The molecule has 0 saturated heterocycles. The van der Waals surface area contributed by atoms with Crippen LogP contribution in [0.5, 0.6) is 0 Å². The van der Waals surface area contributed by atoms with Gasteiger partial charge in [0.1, 0.15) is 6.04 Å². The van der Waals surface area contributed by atoms with Crippen molar-refractivity contribution >= 4 is 23.2 Å². The predicted octanol–water partition coefficient (Wildman–Crippen LogP) is 0.722. The zero-order valence-electron chi connectivity index (χ0n) is 14.4. The first kappa shape index (κ1) is 21.0. The van der Waals surface area contributed by atoms with Gasteiger partial charge in [-0.15, -0.1) is 0 Å². The summed E-state index contributed by atoms with van der Waals surface area (Å²) in [4.78, 5) is 44.7. The van der Waals surface area contributed by atoms with Gasteiger partial charge in [0.15, 0.2) is 0 Å². The first-order valence-electron chi connectivity index (χ1n) is 7.88. The van der Waals surface area contributed by atoms with E-state index in [0.717, 1.165) is 18.2 Å². The Morgan fingerprint density at radius 1 is 1.12 bits per heavy atom. The van der Waals surface area contributed by atoms with Gasteiger partial charge in [0.2, 0.25) is 5.91 Å². The van der Waals surface area contributed by atoms with Gasteiger partial charge in [-0.25, -0.2) is 0 Å². The highest BCUT2D eigenvalue weighted by Crippen LogP contribution is 2.23. The van der Waals surface area contributed by atoms with Gasteiger partial charge in [-0.3, -0.25) is 29.8 Å². The zero-order chi connectivity index (χ0) is 19.9. The van der Waals surface area contributed by atoms with Crippen LogP contribution in [0.15, 0.2) is 18.2 Å². The van der Waals surface area contributed by atoms with Crippen LogP contribution in [0.2, 0.25) is 0 Å². The zero-order valence-corrected chi connectivity index (χ0v) is 14.4. The molecule has 0 spiro atoms. The number of benzene rings is 1. The molecule has 1 aromatic rings. The molecule has 0 bridgehead atoms. The molecule has 1 aromatic carbocycles. The molecule has 0 unspecified atom stereocenters. The molecular formula is C15H21N5O6. The van der Waals surface area contributed by atoms with E-state index in [9.17, 15) is 29.8 Å². The molecule has 0 aliphatic carbocycles. The number of carbonyl (C=O) groups is 2. The van der Waals surface area contributed by atoms with E-state index in [1.54, 1.807) is 0 Å².